The Morgan fingerprint density at radius 3 is 2.92 bits per heavy atom. The summed E-state index contributed by atoms with van der Waals surface area (Å²) in [6.07, 6.45) is 1.86. The molecule has 1 unspecified atom stereocenters. The number of hydrogen-bond acceptors (Lipinski definition) is 6. The molecule has 0 N–H and O–H groups in total. The number of rotatable bonds is 3. The number of aryl methyl sites for hydroxylation is 1. The molecule has 0 bridgehead atoms. The summed E-state index contributed by atoms with van der Waals surface area (Å²) in [6, 6.07) is 6.58. The zero-order valence-electron chi connectivity index (χ0n) is 14.2. The van der Waals surface area contributed by atoms with Crippen molar-refractivity contribution in [3.63, 3.8) is 0 Å². The molecule has 1 atom stereocenters. The summed E-state index contributed by atoms with van der Waals surface area (Å²) in [4.78, 5) is 18.8. The Hall–Kier alpha value is -2.19. The van der Waals surface area contributed by atoms with Gasteiger partial charge in [-0.1, -0.05) is 23.5 Å². The van der Waals surface area contributed by atoms with E-state index in [0.29, 0.717) is 22.8 Å². The number of carbonyl (C=O) groups is 1. The molecule has 1 aliphatic heterocycles. The van der Waals surface area contributed by atoms with Crippen molar-refractivity contribution in [3.05, 3.63) is 51.2 Å². The van der Waals surface area contributed by atoms with Crippen molar-refractivity contribution in [3.8, 4) is 10.6 Å². The average Bonchev–Trinajstić information content (AvgIpc) is 3.31. The molecule has 2 aromatic heterocycles. The first kappa shape index (κ1) is 17.2. The van der Waals surface area contributed by atoms with Crippen LogP contribution in [0.5, 0.6) is 0 Å². The van der Waals surface area contributed by atoms with E-state index in [2.05, 4.69) is 15.2 Å². The topological polar surface area (TPSA) is 59.0 Å². The molecule has 0 radical (unpaired) electrons. The van der Waals surface area contributed by atoms with E-state index < -0.39 is 0 Å². The van der Waals surface area contributed by atoms with Crippen LogP contribution in [0.1, 0.15) is 39.3 Å². The summed E-state index contributed by atoms with van der Waals surface area (Å²) in [6.45, 7) is 3.22. The quantitative estimate of drug-likeness (QED) is 0.677. The van der Waals surface area contributed by atoms with Gasteiger partial charge in [0.2, 0.25) is 0 Å². The van der Waals surface area contributed by atoms with Crippen LogP contribution in [-0.4, -0.2) is 39.1 Å². The van der Waals surface area contributed by atoms with Crippen LogP contribution in [0.4, 0.5) is 4.39 Å². The van der Waals surface area contributed by atoms with Crippen LogP contribution in [0.25, 0.3) is 10.6 Å². The molecule has 3 aromatic rings. The van der Waals surface area contributed by atoms with Gasteiger partial charge in [-0.25, -0.2) is 9.37 Å². The molecule has 1 aliphatic rings. The maximum atomic E-state index is 14.0. The lowest BCUT2D eigenvalue weighted by atomic mass is 9.98. The molecule has 1 saturated heterocycles. The van der Waals surface area contributed by atoms with Gasteiger partial charge in [0.1, 0.15) is 16.5 Å². The first-order chi connectivity index (χ1) is 12.6. The van der Waals surface area contributed by atoms with Crippen molar-refractivity contribution in [2.75, 3.05) is 13.1 Å². The van der Waals surface area contributed by atoms with Gasteiger partial charge in [0.25, 0.3) is 5.91 Å². The van der Waals surface area contributed by atoms with E-state index in [4.69, 9.17) is 0 Å². The highest BCUT2D eigenvalue weighted by molar-refractivity contribution is 7.14. The lowest BCUT2D eigenvalue weighted by Gasteiger charge is -2.31. The molecule has 3 heterocycles. The van der Waals surface area contributed by atoms with Crippen molar-refractivity contribution in [2.24, 2.45) is 0 Å². The van der Waals surface area contributed by atoms with Crippen LogP contribution in [0.2, 0.25) is 0 Å². The Morgan fingerprint density at radius 2 is 2.15 bits per heavy atom. The SMILES string of the molecule is Cc1nc(C(=O)N2CCCC(c3nnc(-c4ccccc4F)s3)C2)cs1. The number of carbonyl (C=O) groups excluding carboxylic acids is 1. The highest BCUT2D eigenvalue weighted by atomic mass is 32.1. The molecule has 134 valence electrons. The van der Waals surface area contributed by atoms with Gasteiger partial charge in [0.15, 0.2) is 5.01 Å². The summed E-state index contributed by atoms with van der Waals surface area (Å²) >= 11 is 2.89. The maximum absolute atomic E-state index is 14.0. The second kappa shape index (κ2) is 7.20. The first-order valence-corrected chi connectivity index (χ1v) is 10.1. The van der Waals surface area contributed by atoms with Crippen LogP contribution < -0.4 is 0 Å². The van der Waals surface area contributed by atoms with Crippen LogP contribution in [-0.2, 0) is 0 Å². The Bertz CT molecular complexity index is 939. The molecule has 0 saturated carbocycles. The second-order valence-electron chi connectivity index (χ2n) is 6.27. The number of aromatic nitrogens is 3. The van der Waals surface area contributed by atoms with E-state index in [1.165, 1.54) is 28.7 Å². The van der Waals surface area contributed by atoms with Gasteiger partial charge in [0, 0.05) is 30.0 Å². The monoisotopic (exact) mass is 388 g/mol. The molecule has 0 aliphatic carbocycles. The number of piperidine rings is 1. The minimum Gasteiger partial charge on any atom is -0.337 e. The summed E-state index contributed by atoms with van der Waals surface area (Å²) in [7, 11) is 0. The number of nitrogens with zero attached hydrogens (tertiary/aromatic N) is 4. The van der Waals surface area contributed by atoms with E-state index in [1.54, 1.807) is 18.2 Å². The first-order valence-electron chi connectivity index (χ1n) is 8.41. The number of halogens is 1. The predicted octanol–water partition coefficient (Wildman–Crippen LogP) is 4.13. The van der Waals surface area contributed by atoms with Gasteiger partial charge in [-0.05, 0) is 31.9 Å². The fraction of sp³-hybridized carbons (Fsp3) is 0.333. The normalized spacial score (nSPS) is 17.5. The molecule has 1 aromatic carbocycles. The summed E-state index contributed by atoms with van der Waals surface area (Å²) < 4.78 is 14.0. The van der Waals surface area contributed by atoms with Crippen LogP contribution in [0, 0.1) is 12.7 Å². The molecule has 5 nitrogen and oxygen atoms in total. The third-order valence-corrected chi connectivity index (χ3v) is 6.33. The molecular formula is C18H17FN4OS2. The highest BCUT2D eigenvalue weighted by Gasteiger charge is 2.29. The van der Waals surface area contributed by atoms with Gasteiger partial charge < -0.3 is 4.90 Å². The predicted molar refractivity (Wildman–Crippen MR) is 100 cm³/mol. The van der Waals surface area contributed by atoms with Crippen molar-refractivity contribution >= 4 is 28.6 Å². The molecule has 1 amide bonds. The van der Waals surface area contributed by atoms with E-state index >= 15 is 0 Å². The van der Waals surface area contributed by atoms with E-state index in [1.807, 2.05) is 17.2 Å². The fourth-order valence-electron chi connectivity index (χ4n) is 3.13. The number of benzene rings is 1. The van der Waals surface area contributed by atoms with Gasteiger partial charge in [-0.3, -0.25) is 4.79 Å². The van der Waals surface area contributed by atoms with E-state index in [9.17, 15) is 9.18 Å². The van der Waals surface area contributed by atoms with Crippen molar-refractivity contribution < 1.29 is 9.18 Å². The van der Waals surface area contributed by atoms with E-state index in [-0.39, 0.29) is 17.6 Å². The number of amides is 1. The average molecular weight is 388 g/mol. The van der Waals surface area contributed by atoms with E-state index in [0.717, 1.165) is 29.4 Å². The van der Waals surface area contributed by atoms with Crippen molar-refractivity contribution in [1.82, 2.24) is 20.1 Å². The molecular weight excluding hydrogens is 371 g/mol. The van der Waals surface area contributed by atoms with Crippen molar-refractivity contribution in [2.45, 2.75) is 25.7 Å². The number of likely N-dealkylation sites (tertiary alicyclic amines) is 1. The summed E-state index contributed by atoms with van der Waals surface area (Å²) in [5, 5.41) is 12.6. The standard InChI is InChI=1S/C18H17FN4OS2/c1-11-20-15(10-25-11)18(24)23-8-4-5-12(9-23)16-21-22-17(26-16)13-6-2-3-7-14(13)19/h2-3,6-7,10,12H,4-5,8-9H2,1H3. The smallest absolute Gasteiger partial charge is 0.273 e. The lowest BCUT2D eigenvalue weighted by Crippen LogP contribution is -2.39. The Morgan fingerprint density at radius 1 is 1.31 bits per heavy atom. The number of thiazole rings is 1. The van der Waals surface area contributed by atoms with Crippen LogP contribution >= 0.6 is 22.7 Å². The Labute approximate surface area is 158 Å². The van der Waals surface area contributed by atoms with Gasteiger partial charge >= 0.3 is 0 Å². The van der Waals surface area contributed by atoms with Gasteiger partial charge in [-0.2, -0.15) is 0 Å². The largest absolute Gasteiger partial charge is 0.337 e. The van der Waals surface area contributed by atoms with Crippen LogP contribution in [0.15, 0.2) is 29.6 Å². The summed E-state index contributed by atoms with van der Waals surface area (Å²) in [5.41, 5.74) is 0.982. The zero-order valence-corrected chi connectivity index (χ0v) is 15.8. The Kier molecular flexibility index (Phi) is 4.78. The third-order valence-electron chi connectivity index (χ3n) is 4.44. The summed E-state index contributed by atoms with van der Waals surface area (Å²) in [5.74, 6) is -0.196. The van der Waals surface area contributed by atoms with Crippen LogP contribution in [0.3, 0.4) is 0 Å². The van der Waals surface area contributed by atoms with Gasteiger partial charge in [0.05, 0.1) is 5.01 Å². The lowest BCUT2D eigenvalue weighted by molar-refractivity contribution is 0.0701. The molecule has 4 rings (SSSR count). The number of hydrogen-bond donors (Lipinski definition) is 0. The molecule has 26 heavy (non-hydrogen) atoms. The second-order valence-corrected chi connectivity index (χ2v) is 8.34. The van der Waals surface area contributed by atoms with Gasteiger partial charge in [-0.15, -0.1) is 21.5 Å². The Balaban J connectivity index is 1.52. The minimum atomic E-state index is -0.297. The molecule has 8 heteroatoms. The fourth-order valence-corrected chi connectivity index (χ4v) is 4.71. The molecule has 0 spiro atoms. The molecule has 1 fully saturated rings. The van der Waals surface area contributed by atoms with Crippen molar-refractivity contribution in [1.29, 1.82) is 0 Å². The zero-order chi connectivity index (χ0) is 18.1. The maximum Gasteiger partial charge on any atom is 0.273 e. The third kappa shape index (κ3) is 3.39. The highest BCUT2D eigenvalue weighted by Crippen LogP contribution is 2.33. The minimum absolute atomic E-state index is 0.0297.